The van der Waals surface area contributed by atoms with Gasteiger partial charge in [0.05, 0.1) is 13.7 Å². The fraction of sp³-hybridized carbons (Fsp3) is 0.300. The molecule has 1 atom stereocenters. The van der Waals surface area contributed by atoms with Crippen LogP contribution in [0.1, 0.15) is 36.3 Å². The number of ketones is 1. The van der Waals surface area contributed by atoms with Gasteiger partial charge in [-0.3, -0.25) is 9.79 Å². The molecule has 0 saturated heterocycles. The van der Waals surface area contributed by atoms with E-state index in [2.05, 4.69) is 4.99 Å². The molecule has 1 aliphatic rings. The summed E-state index contributed by atoms with van der Waals surface area (Å²) in [7, 11) is 1.65. The van der Waals surface area contributed by atoms with E-state index >= 15 is 0 Å². The molecular formula is C20H20ClNO2. The molecule has 0 spiro atoms. The van der Waals surface area contributed by atoms with Crippen molar-refractivity contribution < 1.29 is 9.53 Å². The average molecular weight is 342 g/mol. The smallest absolute Gasteiger partial charge is 0.139 e. The van der Waals surface area contributed by atoms with Gasteiger partial charge in [0.2, 0.25) is 0 Å². The molecule has 0 amide bonds. The third-order valence-electron chi connectivity index (χ3n) is 4.34. The molecule has 3 nitrogen and oxygen atoms in total. The second-order valence-corrected chi connectivity index (χ2v) is 6.54. The highest BCUT2D eigenvalue weighted by Gasteiger charge is 2.25. The van der Waals surface area contributed by atoms with E-state index in [9.17, 15) is 4.79 Å². The molecule has 1 saturated carbocycles. The van der Waals surface area contributed by atoms with Crippen molar-refractivity contribution in [2.75, 3.05) is 7.11 Å². The number of ether oxygens (including phenoxy) is 1. The number of halogens is 1. The molecular weight excluding hydrogens is 322 g/mol. The Balaban J connectivity index is 1.71. The van der Waals surface area contributed by atoms with E-state index < -0.39 is 0 Å². The van der Waals surface area contributed by atoms with E-state index in [0.717, 1.165) is 28.5 Å². The highest BCUT2D eigenvalue weighted by atomic mass is 35.5. The fourth-order valence-corrected chi connectivity index (χ4v) is 3.15. The van der Waals surface area contributed by atoms with Gasteiger partial charge in [-0.2, -0.15) is 0 Å². The minimum Gasteiger partial charge on any atom is -0.497 e. The molecule has 0 aliphatic heterocycles. The molecule has 3 rings (SSSR count). The summed E-state index contributed by atoms with van der Waals surface area (Å²) in [4.78, 5) is 16.8. The van der Waals surface area contributed by atoms with Gasteiger partial charge in [0.15, 0.2) is 0 Å². The molecule has 124 valence electrons. The van der Waals surface area contributed by atoms with Crippen molar-refractivity contribution in [2.24, 2.45) is 4.99 Å². The van der Waals surface area contributed by atoms with Crippen molar-refractivity contribution in [1.82, 2.24) is 0 Å². The van der Waals surface area contributed by atoms with Crippen LogP contribution in [0.4, 0.5) is 0 Å². The van der Waals surface area contributed by atoms with E-state index in [1.807, 2.05) is 48.5 Å². The number of methoxy groups -OCH3 is 1. The average Bonchev–Trinajstić information content (AvgIpc) is 2.61. The van der Waals surface area contributed by atoms with Crippen LogP contribution in [0.3, 0.4) is 0 Å². The lowest BCUT2D eigenvalue weighted by atomic mass is 9.82. The Morgan fingerprint density at radius 1 is 1.08 bits per heavy atom. The monoisotopic (exact) mass is 341 g/mol. The summed E-state index contributed by atoms with van der Waals surface area (Å²) in [5.41, 5.74) is 3.26. The molecule has 1 aliphatic carbocycles. The van der Waals surface area contributed by atoms with Crippen LogP contribution >= 0.6 is 11.6 Å². The van der Waals surface area contributed by atoms with Gasteiger partial charge >= 0.3 is 0 Å². The van der Waals surface area contributed by atoms with Crippen LogP contribution in [0, 0.1) is 0 Å². The van der Waals surface area contributed by atoms with E-state index in [1.165, 1.54) is 5.56 Å². The molecule has 0 N–H and O–H groups in total. The van der Waals surface area contributed by atoms with Crippen molar-refractivity contribution in [3.63, 3.8) is 0 Å². The highest BCUT2D eigenvalue weighted by molar-refractivity contribution is 6.30. The number of carbonyl (C=O) groups is 1. The van der Waals surface area contributed by atoms with Crippen LogP contribution < -0.4 is 4.74 Å². The SMILES string of the molecule is COc1ccc([C@@H]2CC(=O)CC(=NCc3ccc(Cl)cc3)C2)cc1. The molecule has 2 aromatic carbocycles. The normalized spacial score (nSPS) is 19.5. The van der Waals surface area contributed by atoms with Crippen molar-refractivity contribution in [1.29, 1.82) is 0 Å². The number of hydrogen-bond acceptors (Lipinski definition) is 3. The summed E-state index contributed by atoms with van der Waals surface area (Å²) in [6.07, 6.45) is 1.90. The number of aliphatic imine (C=N–C) groups is 1. The van der Waals surface area contributed by atoms with Gasteiger partial charge in [0, 0.05) is 23.6 Å². The second kappa shape index (κ2) is 7.63. The topological polar surface area (TPSA) is 38.7 Å². The molecule has 24 heavy (non-hydrogen) atoms. The van der Waals surface area contributed by atoms with Crippen molar-refractivity contribution >= 4 is 23.1 Å². The number of rotatable bonds is 4. The van der Waals surface area contributed by atoms with Gasteiger partial charge in [-0.25, -0.2) is 0 Å². The van der Waals surface area contributed by atoms with E-state index in [-0.39, 0.29) is 11.7 Å². The minimum atomic E-state index is 0.209. The third kappa shape index (κ3) is 4.24. The summed E-state index contributed by atoms with van der Waals surface area (Å²) in [6, 6.07) is 15.6. The first-order chi connectivity index (χ1) is 11.6. The predicted molar refractivity (Wildman–Crippen MR) is 97.2 cm³/mol. The zero-order valence-corrected chi connectivity index (χ0v) is 14.4. The second-order valence-electron chi connectivity index (χ2n) is 6.10. The molecule has 0 unspecified atom stereocenters. The fourth-order valence-electron chi connectivity index (χ4n) is 3.03. The standard InChI is InChI=1S/C20H20ClNO2/c1-24-20-8-4-15(5-9-20)16-10-18(12-19(23)11-16)22-13-14-2-6-17(21)7-3-14/h2-9,16H,10-13H2,1H3/t16-/m0/s1. The van der Waals surface area contributed by atoms with Gasteiger partial charge in [0.1, 0.15) is 11.5 Å². The van der Waals surface area contributed by atoms with Crippen molar-refractivity contribution in [2.45, 2.75) is 31.7 Å². The summed E-state index contributed by atoms with van der Waals surface area (Å²) < 4.78 is 5.19. The van der Waals surface area contributed by atoms with Gasteiger partial charge in [-0.05, 0) is 47.7 Å². The first-order valence-electron chi connectivity index (χ1n) is 8.06. The summed E-state index contributed by atoms with van der Waals surface area (Å²) in [5, 5.41) is 0.721. The number of Topliss-reactive ketones (excluding diaryl/α,β-unsaturated/α-hetero) is 1. The van der Waals surface area contributed by atoms with E-state index in [0.29, 0.717) is 19.4 Å². The Kier molecular flexibility index (Phi) is 5.31. The Morgan fingerprint density at radius 3 is 2.46 bits per heavy atom. The van der Waals surface area contributed by atoms with Crippen LogP contribution in [0.2, 0.25) is 5.02 Å². The van der Waals surface area contributed by atoms with E-state index in [4.69, 9.17) is 16.3 Å². The van der Waals surface area contributed by atoms with Gasteiger partial charge in [-0.15, -0.1) is 0 Å². The third-order valence-corrected chi connectivity index (χ3v) is 4.59. The molecule has 0 radical (unpaired) electrons. The lowest BCUT2D eigenvalue weighted by Gasteiger charge is -2.23. The Hall–Kier alpha value is -2.13. The van der Waals surface area contributed by atoms with Crippen LogP contribution in [-0.4, -0.2) is 18.6 Å². The van der Waals surface area contributed by atoms with Crippen LogP contribution in [0.25, 0.3) is 0 Å². The maximum absolute atomic E-state index is 12.1. The highest BCUT2D eigenvalue weighted by Crippen LogP contribution is 2.31. The Bertz CT molecular complexity index is 735. The first-order valence-corrected chi connectivity index (χ1v) is 8.44. The molecule has 2 aromatic rings. The molecule has 0 bridgehead atoms. The quantitative estimate of drug-likeness (QED) is 0.799. The van der Waals surface area contributed by atoms with Gasteiger partial charge in [0.25, 0.3) is 0 Å². The predicted octanol–water partition coefficient (Wildman–Crippen LogP) is 4.83. The summed E-state index contributed by atoms with van der Waals surface area (Å²) in [6.45, 7) is 0.592. The largest absolute Gasteiger partial charge is 0.497 e. The number of nitrogens with zero attached hydrogens (tertiary/aromatic N) is 1. The van der Waals surface area contributed by atoms with Gasteiger partial charge in [-0.1, -0.05) is 35.9 Å². The maximum atomic E-state index is 12.1. The maximum Gasteiger partial charge on any atom is 0.139 e. The number of hydrogen-bond donors (Lipinski definition) is 0. The summed E-state index contributed by atoms with van der Waals surface area (Å²) in [5.74, 6) is 1.30. The molecule has 1 fully saturated rings. The lowest BCUT2D eigenvalue weighted by Crippen LogP contribution is -2.21. The van der Waals surface area contributed by atoms with Crippen molar-refractivity contribution in [3.05, 3.63) is 64.7 Å². The zero-order chi connectivity index (χ0) is 16.9. The molecule has 0 heterocycles. The first kappa shape index (κ1) is 16.7. The minimum absolute atomic E-state index is 0.209. The van der Waals surface area contributed by atoms with Crippen LogP contribution in [0.5, 0.6) is 5.75 Å². The van der Waals surface area contributed by atoms with Crippen LogP contribution in [0.15, 0.2) is 53.5 Å². The Morgan fingerprint density at radius 2 is 1.79 bits per heavy atom. The summed E-state index contributed by atoms with van der Waals surface area (Å²) >= 11 is 5.90. The lowest BCUT2D eigenvalue weighted by molar-refractivity contribution is -0.118. The zero-order valence-electron chi connectivity index (χ0n) is 13.7. The molecule has 4 heteroatoms. The van der Waals surface area contributed by atoms with Crippen LogP contribution in [-0.2, 0) is 11.3 Å². The molecule has 0 aromatic heterocycles. The van der Waals surface area contributed by atoms with Crippen molar-refractivity contribution in [3.8, 4) is 5.75 Å². The Labute approximate surface area is 147 Å². The van der Waals surface area contributed by atoms with Gasteiger partial charge < -0.3 is 4.74 Å². The number of carbonyl (C=O) groups excluding carboxylic acids is 1. The number of benzene rings is 2. The van der Waals surface area contributed by atoms with E-state index in [1.54, 1.807) is 7.11 Å².